The zero-order valence-corrected chi connectivity index (χ0v) is 12.0. The number of hydrogen-bond acceptors (Lipinski definition) is 3. The van der Waals surface area contributed by atoms with Crippen LogP contribution < -0.4 is 10.5 Å². The van der Waals surface area contributed by atoms with Crippen molar-refractivity contribution in [2.75, 3.05) is 19.4 Å². The van der Waals surface area contributed by atoms with Crippen LogP contribution in [0.4, 0.5) is 5.69 Å². The highest BCUT2D eigenvalue weighted by molar-refractivity contribution is 5.99. The summed E-state index contributed by atoms with van der Waals surface area (Å²) in [5.41, 5.74) is 7.10. The topological polar surface area (TPSA) is 55.6 Å². The van der Waals surface area contributed by atoms with Gasteiger partial charge in [0.25, 0.3) is 5.91 Å². The van der Waals surface area contributed by atoms with Crippen molar-refractivity contribution in [1.29, 1.82) is 0 Å². The highest BCUT2D eigenvalue weighted by atomic mass is 16.5. The SMILES string of the molecule is COc1ccc(N)c(C(=O)N2CCCC3CCCC32)c1. The van der Waals surface area contributed by atoms with Crippen LogP contribution in [0, 0.1) is 5.92 Å². The van der Waals surface area contributed by atoms with Crippen LogP contribution in [0.2, 0.25) is 0 Å². The Morgan fingerprint density at radius 2 is 2.10 bits per heavy atom. The molecule has 1 amide bonds. The summed E-state index contributed by atoms with van der Waals surface area (Å²) in [6.07, 6.45) is 6.02. The van der Waals surface area contributed by atoms with Gasteiger partial charge in [-0.3, -0.25) is 4.79 Å². The molecule has 4 nitrogen and oxygen atoms in total. The van der Waals surface area contributed by atoms with Crippen LogP contribution in [0.15, 0.2) is 18.2 Å². The number of fused-ring (bicyclic) bond motifs is 1. The van der Waals surface area contributed by atoms with E-state index in [1.165, 1.54) is 19.3 Å². The number of benzene rings is 1. The minimum absolute atomic E-state index is 0.0676. The first-order chi connectivity index (χ1) is 9.70. The number of methoxy groups -OCH3 is 1. The van der Waals surface area contributed by atoms with Crippen molar-refractivity contribution < 1.29 is 9.53 Å². The van der Waals surface area contributed by atoms with E-state index in [0.717, 1.165) is 19.4 Å². The first kappa shape index (κ1) is 13.3. The molecule has 1 heterocycles. The predicted molar refractivity (Wildman–Crippen MR) is 78.8 cm³/mol. The molecule has 1 saturated heterocycles. The molecule has 4 heteroatoms. The van der Waals surface area contributed by atoms with Gasteiger partial charge in [0.2, 0.25) is 0 Å². The number of piperidine rings is 1. The van der Waals surface area contributed by atoms with E-state index in [2.05, 4.69) is 0 Å². The van der Waals surface area contributed by atoms with Crippen molar-refractivity contribution in [3.05, 3.63) is 23.8 Å². The van der Waals surface area contributed by atoms with Crippen molar-refractivity contribution in [1.82, 2.24) is 4.90 Å². The lowest BCUT2D eigenvalue weighted by atomic mass is 9.91. The summed E-state index contributed by atoms with van der Waals surface area (Å²) in [6, 6.07) is 5.72. The van der Waals surface area contributed by atoms with Crippen molar-refractivity contribution >= 4 is 11.6 Å². The number of nitrogens with zero attached hydrogens (tertiary/aromatic N) is 1. The standard InChI is InChI=1S/C16H22N2O2/c1-20-12-7-8-14(17)13(10-12)16(19)18-9-3-5-11-4-2-6-15(11)18/h7-8,10-11,15H,2-6,9,17H2,1H3. The van der Waals surface area contributed by atoms with Crippen LogP contribution in [0.25, 0.3) is 0 Å². The van der Waals surface area contributed by atoms with Crippen LogP contribution in [-0.2, 0) is 0 Å². The first-order valence-corrected chi connectivity index (χ1v) is 7.45. The van der Waals surface area contributed by atoms with E-state index >= 15 is 0 Å². The fraction of sp³-hybridized carbons (Fsp3) is 0.562. The Hall–Kier alpha value is -1.71. The van der Waals surface area contributed by atoms with Gasteiger partial charge in [-0.15, -0.1) is 0 Å². The highest BCUT2D eigenvalue weighted by Gasteiger charge is 2.37. The fourth-order valence-corrected chi connectivity index (χ4v) is 3.71. The molecule has 2 N–H and O–H groups in total. The Balaban J connectivity index is 1.88. The molecule has 108 valence electrons. The van der Waals surface area contributed by atoms with Gasteiger partial charge in [-0.05, 0) is 49.8 Å². The number of amides is 1. The van der Waals surface area contributed by atoms with E-state index in [-0.39, 0.29) is 5.91 Å². The molecule has 2 atom stereocenters. The molecule has 1 aliphatic carbocycles. The normalized spacial score (nSPS) is 25.4. The largest absolute Gasteiger partial charge is 0.497 e. The van der Waals surface area contributed by atoms with Gasteiger partial charge in [-0.25, -0.2) is 0 Å². The van der Waals surface area contributed by atoms with E-state index in [0.29, 0.717) is 29.0 Å². The lowest BCUT2D eigenvalue weighted by Gasteiger charge is -2.38. The second kappa shape index (κ2) is 5.35. The van der Waals surface area contributed by atoms with Gasteiger partial charge in [0, 0.05) is 18.3 Å². The van der Waals surface area contributed by atoms with E-state index < -0.39 is 0 Å². The quantitative estimate of drug-likeness (QED) is 0.844. The van der Waals surface area contributed by atoms with E-state index in [1.807, 2.05) is 4.90 Å². The molecule has 0 aromatic heterocycles. The fourth-order valence-electron chi connectivity index (χ4n) is 3.71. The van der Waals surface area contributed by atoms with Crippen molar-refractivity contribution in [2.24, 2.45) is 5.92 Å². The molecule has 20 heavy (non-hydrogen) atoms. The number of carbonyl (C=O) groups excluding carboxylic acids is 1. The number of carbonyl (C=O) groups is 1. The van der Waals surface area contributed by atoms with Crippen LogP contribution in [0.3, 0.4) is 0 Å². The molecular formula is C16H22N2O2. The van der Waals surface area contributed by atoms with E-state index in [1.54, 1.807) is 25.3 Å². The van der Waals surface area contributed by atoms with Crippen LogP contribution >= 0.6 is 0 Å². The molecule has 1 aromatic carbocycles. The second-order valence-electron chi connectivity index (χ2n) is 5.85. The average molecular weight is 274 g/mol. The van der Waals surface area contributed by atoms with Crippen molar-refractivity contribution in [2.45, 2.75) is 38.1 Å². The summed E-state index contributed by atoms with van der Waals surface area (Å²) in [7, 11) is 1.60. The number of anilines is 1. The monoisotopic (exact) mass is 274 g/mol. The summed E-state index contributed by atoms with van der Waals surface area (Å²) in [4.78, 5) is 14.9. The number of rotatable bonds is 2. The smallest absolute Gasteiger partial charge is 0.256 e. The Bertz CT molecular complexity index is 515. The molecule has 3 rings (SSSR count). The number of ether oxygens (including phenoxy) is 1. The maximum atomic E-state index is 12.8. The molecule has 1 aromatic rings. The Kier molecular flexibility index (Phi) is 3.55. The van der Waals surface area contributed by atoms with Crippen LogP contribution in [0.1, 0.15) is 42.5 Å². The van der Waals surface area contributed by atoms with Gasteiger partial charge in [0.1, 0.15) is 5.75 Å². The first-order valence-electron chi connectivity index (χ1n) is 7.45. The number of hydrogen-bond donors (Lipinski definition) is 1. The van der Waals surface area contributed by atoms with Gasteiger partial charge in [-0.1, -0.05) is 6.42 Å². The van der Waals surface area contributed by atoms with Gasteiger partial charge in [-0.2, -0.15) is 0 Å². The lowest BCUT2D eigenvalue weighted by Crippen LogP contribution is -2.46. The molecule has 2 fully saturated rings. The van der Waals surface area contributed by atoms with Gasteiger partial charge >= 0.3 is 0 Å². The lowest BCUT2D eigenvalue weighted by molar-refractivity contribution is 0.0549. The van der Waals surface area contributed by atoms with Gasteiger partial charge < -0.3 is 15.4 Å². The molecular weight excluding hydrogens is 252 g/mol. The second-order valence-corrected chi connectivity index (χ2v) is 5.85. The summed E-state index contributed by atoms with van der Waals surface area (Å²) >= 11 is 0. The van der Waals surface area contributed by atoms with Gasteiger partial charge in [0.15, 0.2) is 0 Å². The number of nitrogens with two attached hydrogens (primary N) is 1. The third kappa shape index (κ3) is 2.23. The average Bonchev–Trinajstić information content (AvgIpc) is 2.95. The Morgan fingerprint density at radius 1 is 1.30 bits per heavy atom. The van der Waals surface area contributed by atoms with Gasteiger partial charge in [0.05, 0.1) is 12.7 Å². The summed E-state index contributed by atoms with van der Waals surface area (Å²) in [6.45, 7) is 0.858. The Labute approximate surface area is 119 Å². The molecule has 0 radical (unpaired) electrons. The minimum atomic E-state index is 0.0676. The summed E-state index contributed by atoms with van der Waals surface area (Å²) < 4.78 is 5.21. The zero-order valence-electron chi connectivity index (χ0n) is 12.0. The maximum absolute atomic E-state index is 12.8. The Morgan fingerprint density at radius 3 is 2.90 bits per heavy atom. The van der Waals surface area contributed by atoms with Crippen LogP contribution in [-0.4, -0.2) is 30.5 Å². The molecule has 1 aliphatic heterocycles. The van der Waals surface area contributed by atoms with Crippen molar-refractivity contribution in [3.8, 4) is 5.75 Å². The zero-order chi connectivity index (χ0) is 14.1. The summed E-state index contributed by atoms with van der Waals surface area (Å²) in [5, 5.41) is 0. The maximum Gasteiger partial charge on any atom is 0.256 e. The highest BCUT2D eigenvalue weighted by Crippen LogP contribution is 2.38. The van der Waals surface area contributed by atoms with Crippen LogP contribution in [0.5, 0.6) is 5.75 Å². The van der Waals surface area contributed by atoms with Crippen molar-refractivity contribution in [3.63, 3.8) is 0 Å². The molecule has 0 bridgehead atoms. The summed E-state index contributed by atoms with van der Waals surface area (Å²) in [5.74, 6) is 1.44. The van der Waals surface area contributed by atoms with E-state index in [4.69, 9.17) is 10.5 Å². The molecule has 0 spiro atoms. The minimum Gasteiger partial charge on any atom is -0.497 e. The third-order valence-electron chi connectivity index (χ3n) is 4.74. The number of nitrogen functional groups attached to an aromatic ring is 1. The number of likely N-dealkylation sites (tertiary alicyclic amines) is 1. The van der Waals surface area contributed by atoms with E-state index in [9.17, 15) is 4.79 Å². The third-order valence-corrected chi connectivity index (χ3v) is 4.74. The molecule has 2 unspecified atom stereocenters. The predicted octanol–water partition coefficient (Wildman–Crippen LogP) is 2.68. The molecule has 2 aliphatic rings. The molecule has 1 saturated carbocycles.